The van der Waals surface area contributed by atoms with E-state index in [4.69, 9.17) is 5.73 Å². The molecule has 1 amide bonds. The monoisotopic (exact) mass is 277 g/mol. The van der Waals surface area contributed by atoms with Crippen molar-refractivity contribution in [2.45, 2.75) is 13.0 Å². The Morgan fingerprint density at radius 2 is 2.11 bits per heavy atom. The van der Waals surface area contributed by atoms with Crippen molar-refractivity contribution in [2.75, 3.05) is 18.1 Å². The van der Waals surface area contributed by atoms with Crippen molar-refractivity contribution in [3.8, 4) is 0 Å². The van der Waals surface area contributed by atoms with Gasteiger partial charge >= 0.3 is 0 Å². The van der Waals surface area contributed by atoms with E-state index >= 15 is 0 Å². The van der Waals surface area contributed by atoms with Gasteiger partial charge in [-0.1, -0.05) is 0 Å². The Hall–Kier alpha value is -2.15. The molecule has 0 spiro atoms. The molecule has 0 radical (unpaired) electrons. The van der Waals surface area contributed by atoms with Crippen molar-refractivity contribution >= 4 is 28.3 Å². The van der Waals surface area contributed by atoms with Crippen LogP contribution in [0.1, 0.15) is 28.9 Å². The molecule has 2 heterocycles. The van der Waals surface area contributed by atoms with Crippen LogP contribution in [0, 0.1) is 0 Å². The van der Waals surface area contributed by atoms with Gasteiger partial charge in [0.15, 0.2) is 5.82 Å². The SMILES string of the molecule is CNC(=O)c1c(N)nsc1NC(C)c1ccncc1. The lowest BCUT2D eigenvalue weighted by Crippen LogP contribution is -2.20. The van der Waals surface area contributed by atoms with Crippen LogP contribution < -0.4 is 16.4 Å². The molecule has 0 aromatic carbocycles. The van der Waals surface area contributed by atoms with Gasteiger partial charge in [-0.2, -0.15) is 4.37 Å². The maximum Gasteiger partial charge on any atom is 0.257 e. The van der Waals surface area contributed by atoms with Crippen LogP contribution in [0.2, 0.25) is 0 Å². The molecule has 7 heteroatoms. The summed E-state index contributed by atoms with van der Waals surface area (Å²) in [4.78, 5) is 15.7. The molecule has 4 N–H and O–H groups in total. The number of carbonyl (C=O) groups is 1. The number of nitrogens with zero attached hydrogens (tertiary/aromatic N) is 2. The van der Waals surface area contributed by atoms with E-state index in [1.165, 1.54) is 11.5 Å². The first-order valence-corrected chi connectivity index (χ1v) is 6.54. The van der Waals surface area contributed by atoms with Gasteiger partial charge in [-0.3, -0.25) is 9.78 Å². The van der Waals surface area contributed by atoms with E-state index in [-0.39, 0.29) is 17.8 Å². The highest BCUT2D eigenvalue weighted by atomic mass is 32.1. The van der Waals surface area contributed by atoms with Crippen molar-refractivity contribution in [2.24, 2.45) is 0 Å². The van der Waals surface area contributed by atoms with Crippen LogP contribution in [-0.4, -0.2) is 22.3 Å². The molecule has 100 valence electrons. The predicted molar refractivity (Wildman–Crippen MR) is 76.2 cm³/mol. The Kier molecular flexibility index (Phi) is 3.96. The fourth-order valence-electron chi connectivity index (χ4n) is 1.68. The fraction of sp³-hybridized carbons (Fsp3) is 0.250. The van der Waals surface area contributed by atoms with Crippen LogP contribution in [0.15, 0.2) is 24.5 Å². The highest BCUT2D eigenvalue weighted by molar-refractivity contribution is 7.11. The largest absolute Gasteiger partial charge is 0.382 e. The Balaban J connectivity index is 2.22. The highest BCUT2D eigenvalue weighted by Gasteiger charge is 2.19. The Morgan fingerprint density at radius 3 is 2.74 bits per heavy atom. The smallest absolute Gasteiger partial charge is 0.257 e. The molecule has 6 nitrogen and oxygen atoms in total. The van der Waals surface area contributed by atoms with E-state index in [1.807, 2.05) is 19.1 Å². The van der Waals surface area contributed by atoms with Gasteiger partial charge in [0.1, 0.15) is 10.6 Å². The van der Waals surface area contributed by atoms with E-state index in [9.17, 15) is 4.79 Å². The van der Waals surface area contributed by atoms with E-state index in [2.05, 4.69) is 20.0 Å². The molecule has 1 atom stereocenters. The van der Waals surface area contributed by atoms with Crippen molar-refractivity contribution in [3.05, 3.63) is 35.7 Å². The Morgan fingerprint density at radius 1 is 1.42 bits per heavy atom. The molecular formula is C12H15N5OS. The maximum absolute atomic E-state index is 11.8. The van der Waals surface area contributed by atoms with E-state index in [1.54, 1.807) is 19.4 Å². The van der Waals surface area contributed by atoms with Gasteiger partial charge in [0.05, 0.1) is 0 Å². The first-order valence-electron chi connectivity index (χ1n) is 5.77. The van der Waals surface area contributed by atoms with E-state index in [0.29, 0.717) is 10.6 Å². The number of nitrogens with two attached hydrogens (primary N) is 1. The molecule has 1 unspecified atom stereocenters. The number of carbonyl (C=O) groups excluding carboxylic acids is 1. The number of nitrogens with one attached hydrogen (secondary N) is 2. The minimum absolute atomic E-state index is 0.0336. The molecule has 0 saturated carbocycles. The zero-order valence-electron chi connectivity index (χ0n) is 10.7. The van der Waals surface area contributed by atoms with Crippen LogP contribution in [0.5, 0.6) is 0 Å². The maximum atomic E-state index is 11.8. The van der Waals surface area contributed by atoms with Gasteiger partial charge in [-0.25, -0.2) is 0 Å². The third-order valence-corrected chi connectivity index (χ3v) is 3.52. The number of anilines is 2. The number of hydrogen-bond donors (Lipinski definition) is 3. The zero-order chi connectivity index (χ0) is 13.8. The molecular weight excluding hydrogens is 262 g/mol. The second-order valence-electron chi connectivity index (χ2n) is 4.00. The molecule has 2 aromatic heterocycles. The highest BCUT2D eigenvalue weighted by Crippen LogP contribution is 2.30. The number of hydrogen-bond acceptors (Lipinski definition) is 6. The molecule has 19 heavy (non-hydrogen) atoms. The van der Waals surface area contributed by atoms with Crippen molar-refractivity contribution in [1.82, 2.24) is 14.7 Å². The average Bonchev–Trinajstić information content (AvgIpc) is 2.80. The van der Waals surface area contributed by atoms with Crippen molar-refractivity contribution < 1.29 is 4.79 Å². The zero-order valence-corrected chi connectivity index (χ0v) is 11.5. The van der Waals surface area contributed by atoms with Crippen LogP contribution in [-0.2, 0) is 0 Å². The second kappa shape index (κ2) is 5.66. The minimum Gasteiger partial charge on any atom is -0.382 e. The summed E-state index contributed by atoms with van der Waals surface area (Å²) < 4.78 is 4.02. The van der Waals surface area contributed by atoms with Gasteiger partial charge in [0, 0.05) is 25.5 Å². The molecule has 2 rings (SSSR count). The molecule has 0 bridgehead atoms. The van der Waals surface area contributed by atoms with Gasteiger partial charge in [-0.05, 0) is 36.2 Å². The van der Waals surface area contributed by atoms with Crippen LogP contribution in [0.3, 0.4) is 0 Å². The second-order valence-corrected chi connectivity index (χ2v) is 4.77. The van der Waals surface area contributed by atoms with Crippen molar-refractivity contribution in [3.63, 3.8) is 0 Å². The first kappa shape index (κ1) is 13.3. The summed E-state index contributed by atoms with van der Waals surface area (Å²) in [6.45, 7) is 2.00. The standard InChI is InChI=1S/C12H15N5OS/c1-7(8-3-5-15-6-4-8)16-12-9(11(18)14-2)10(13)17-19-12/h3-7,16H,1-2H3,(H2,13,17)(H,14,18). The Bertz CT molecular complexity index is 569. The summed E-state index contributed by atoms with van der Waals surface area (Å²) in [7, 11) is 1.56. The summed E-state index contributed by atoms with van der Waals surface area (Å²) in [6, 6.07) is 3.87. The lowest BCUT2D eigenvalue weighted by atomic mass is 10.1. The molecule has 2 aromatic rings. The average molecular weight is 277 g/mol. The number of amides is 1. The predicted octanol–water partition coefficient (Wildman–Crippen LogP) is 1.65. The number of aromatic nitrogens is 2. The first-order chi connectivity index (χ1) is 9.13. The third-order valence-electron chi connectivity index (χ3n) is 2.73. The van der Waals surface area contributed by atoms with Crippen LogP contribution >= 0.6 is 11.5 Å². The molecule has 0 fully saturated rings. The van der Waals surface area contributed by atoms with Crippen molar-refractivity contribution in [1.29, 1.82) is 0 Å². The van der Waals surface area contributed by atoms with Crippen LogP contribution in [0.25, 0.3) is 0 Å². The normalized spacial score (nSPS) is 11.9. The lowest BCUT2D eigenvalue weighted by Gasteiger charge is -2.14. The summed E-state index contributed by atoms with van der Waals surface area (Å²) in [5.74, 6) is 0.00413. The summed E-state index contributed by atoms with van der Waals surface area (Å²) in [6.07, 6.45) is 3.46. The van der Waals surface area contributed by atoms with Gasteiger partial charge in [0.2, 0.25) is 0 Å². The van der Waals surface area contributed by atoms with Crippen LogP contribution in [0.4, 0.5) is 10.8 Å². The summed E-state index contributed by atoms with van der Waals surface area (Å²) >= 11 is 1.18. The van der Waals surface area contributed by atoms with Gasteiger partial charge in [0.25, 0.3) is 5.91 Å². The third kappa shape index (κ3) is 2.82. The number of pyridine rings is 1. The summed E-state index contributed by atoms with van der Waals surface area (Å²) in [5, 5.41) is 6.48. The molecule has 0 saturated heterocycles. The molecule has 0 aliphatic heterocycles. The number of nitrogen functional groups attached to an aromatic ring is 1. The molecule has 0 aliphatic rings. The fourth-order valence-corrected chi connectivity index (χ4v) is 2.48. The quantitative estimate of drug-likeness (QED) is 0.790. The topological polar surface area (TPSA) is 92.9 Å². The lowest BCUT2D eigenvalue weighted by molar-refractivity contribution is 0.0965. The minimum atomic E-state index is -0.240. The Labute approximate surface area is 115 Å². The van der Waals surface area contributed by atoms with E-state index < -0.39 is 0 Å². The molecule has 0 aliphatic carbocycles. The van der Waals surface area contributed by atoms with Gasteiger partial charge < -0.3 is 16.4 Å². The summed E-state index contributed by atoms with van der Waals surface area (Å²) in [5.41, 5.74) is 7.19. The van der Waals surface area contributed by atoms with Gasteiger partial charge in [-0.15, -0.1) is 0 Å². The number of rotatable bonds is 4. The van der Waals surface area contributed by atoms with E-state index in [0.717, 1.165) is 5.56 Å².